The summed E-state index contributed by atoms with van der Waals surface area (Å²) in [6.45, 7) is 1.94. The highest BCUT2D eigenvalue weighted by molar-refractivity contribution is 6.20. The first kappa shape index (κ1) is 18.9. The Bertz CT molecular complexity index is 1320. The van der Waals surface area contributed by atoms with Crippen molar-refractivity contribution in [3.05, 3.63) is 113 Å². The molecule has 5 heteroatoms. The van der Waals surface area contributed by atoms with Gasteiger partial charge in [-0.15, -0.1) is 0 Å². The molecule has 5 nitrogen and oxygen atoms in total. The van der Waals surface area contributed by atoms with E-state index in [0.29, 0.717) is 11.3 Å². The summed E-state index contributed by atoms with van der Waals surface area (Å²) in [7, 11) is 0. The van der Waals surface area contributed by atoms with Crippen molar-refractivity contribution in [3.63, 3.8) is 0 Å². The molecule has 0 bridgehead atoms. The van der Waals surface area contributed by atoms with Gasteiger partial charge in [0.05, 0.1) is 11.6 Å². The number of aliphatic hydroxyl groups is 1. The van der Waals surface area contributed by atoms with Gasteiger partial charge in [0.1, 0.15) is 5.58 Å². The van der Waals surface area contributed by atoms with Gasteiger partial charge >= 0.3 is 0 Å². The lowest BCUT2D eigenvalue weighted by atomic mass is 9.94. The van der Waals surface area contributed by atoms with E-state index in [2.05, 4.69) is 0 Å². The van der Waals surface area contributed by atoms with Crippen LogP contribution in [0.5, 0.6) is 0 Å². The zero-order valence-electron chi connectivity index (χ0n) is 16.8. The first-order valence-electron chi connectivity index (χ1n) is 9.96. The number of hydrogen-bond acceptors (Lipinski definition) is 4. The average molecular weight is 409 g/mol. The van der Waals surface area contributed by atoms with Gasteiger partial charge in [-0.3, -0.25) is 14.5 Å². The molecule has 1 aromatic heterocycles. The molecule has 152 valence electrons. The maximum Gasteiger partial charge on any atom is 0.294 e. The lowest BCUT2D eigenvalue weighted by Gasteiger charge is -2.27. The normalized spacial score (nSPS) is 16.4. The zero-order chi connectivity index (χ0) is 21.5. The van der Waals surface area contributed by atoms with Crippen LogP contribution in [0.1, 0.15) is 27.7 Å². The van der Waals surface area contributed by atoms with Crippen molar-refractivity contribution in [2.75, 3.05) is 4.90 Å². The maximum atomic E-state index is 13.5. The fourth-order valence-corrected chi connectivity index (χ4v) is 4.07. The first-order chi connectivity index (χ1) is 15.0. The van der Waals surface area contributed by atoms with Gasteiger partial charge in [-0.2, -0.15) is 0 Å². The van der Waals surface area contributed by atoms with E-state index in [-0.39, 0.29) is 11.3 Å². The van der Waals surface area contributed by atoms with E-state index in [9.17, 15) is 14.7 Å². The lowest BCUT2D eigenvalue weighted by Crippen LogP contribution is -2.31. The van der Waals surface area contributed by atoms with Crippen molar-refractivity contribution in [2.45, 2.75) is 13.0 Å². The van der Waals surface area contributed by atoms with Crippen molar-refractivity contribution in [3.8, 4) is 0 Å². The number of carbonyl (C=O) groups is 2. The maximum absolute atomic E-state index is 13.5. The van der Waals surface area contributed by atoms with Crippen LogP contribution in [0.25, 0.3) is 11.0 Å². The number of nitrogens with zero attached hydrogens (tertiary/aromatic N) is 1. The molecule has 4 aromatic rings. The molecule has 1 N–H and O–H groups in total. The molecule has 5 rings (SSSR count). The zero-order valence-corrected chi connectivity index (χ0v) is 16.8. The Morgan fingerprint density at radius 2 is 1.68 bits per heavy atom. The molecule has 31 heavy (non-hydrogen) atoms. The highest BCUT2D eigenvalue weighted by atomic mass is 16.3. The molecule has 0 radical (unpaired) electrons. The van der Waals surface area contributed by atoms with Crippen LogP contribution in [0.2, 0.25) is 0 Å². The van der Waals surface area contributed by atoms with Crippen LogP contribution >= 0.6 is 0 Å². The van der Waals surface area contributed by atoms with Gasteiger partial charge in [0.2, 0.25) is 5.78 Å². The molecular weight excluding hydrogens is 390 g/mol. The Kier molecular flexibility index (Phi) is 4.44. The van der Waals surface area contributed by atoms with Crippen molar-refractivity contribution < 1.29 is 19.1 Å². The van der Waals surface area contributed by atoms with Crippen LogP contribution in [-0.2, 0) is 4.79 Å². The number of ketones is 1. The van der Waals surface area contributed by atoms with E-state index in [0.717, 1.165) is 16.5 Å². The van der Waals surface area contributed by atoms with E-state index >= 15 is 0 Å². The monoisotopic (exact) mass is 409 g/mol. The van der Waals surface area contributed by atoms with E-state index in [1.54, 1.807) is 24.3 Å². The second-order valence-electron chi connectivity index (χ2n) is 7.57. The SMILES string of the molecule is Cc1cccc(C2C(C(=O)c3cc4ccccc4o3)=C(O)C(=O)N2c2ccccc2)c1. The molecule has 0 saturated carbocycles. The molecule has 1 atom stereocenters. The van der Waals surface area contributed by atoms with Gasteiger partial charge in [0, 0.05) is 11.1 Å². The smallest absolute Gasteiger partial charge is 0.294 e. The highest BCUT2D eigenvalue weighted by Gasteiger charge is 2.45. The number of rotatable bonds is 4. The minimum atomic E-state index is -0.768. The fourth-order valence-electron chi connectivity index (χ4n) is 4.07. The molecule has 0 aliphatic carbocycles. The molecule has 1 unspecified atom stereocenters. The predicted octanol–water partition coefficient (Wildman–Crippen LogP) is 5.52. The third-order valence-corrected chi connectivity index (χ3v) is 5.49. The van der Waals surface area contributed by atoms with E-state index in [1.807, 2.05) is 67.6 Å². The van der Waals surface area contributed by atoms with Crippen LogP contribution in [0.3, 0.4) is 0 Å². The van der Waals surface area contributed by atoms with Gasteiger partial charge in [0.15, 0.2) is 11.5 Å². The van der Waals surface area contributed by atoms with Crippen molar-refractivity contribution >= 4 is 28.3 Å². The van der Waals surface area contributed by atoms with Gasteiger partial charge in [-0.05, 0) is 36.8 Å². The largest absolute Gasteiger partial charge is 0.503 e. The topological polar surface area (TPSA) is 70.7 Å². The second-order valence-corrected chi connectivity index (χ2v) is 7.57. The molecule has 1 aliphatic heterocycles. The van der Waals surface area contributed by atoms with E-state index in [1.165, 1.54) is 4.90 Å². The Labute approximate surface area is 178 Å². The number of amides is 1. The van der Waals surface area contributed by atoms with Crippen LogP contribution in [0, 0.1) is 6.92 Å². The van der Waals surface area contributed by atoms with Crippen molar-refractivity contribution in [1.82, 2.24) is 0 Å². The molecule has 1 amide bonds. The first-order valence-corrected chi connectivity index (χ1v) is 9.96. The number of Topliss-reactive ketones (excluding diaryl/α,β-unsaturated/α-hetero) is 1. The van der Waals surface area contributed by atoms with E-state index < -0.39 is 23.5 Å². The number of para-hydroxylation sites is 2. The minimum absolute atomic E-state index is 0.0125. The van der Waals surface area contributed by atoms with Crippen LogP contribution < -0.4 is 4.90 Å². The summed E-state index contributed by atoms with van der Waals surface area (Å²) in [5.41, 5.74) is 2.90. The molecule has 2 heterocycles. The summed E-state index contributed by atoms with van der Waals surface area (Å²) >= 11 is 0. The van der Waals surface area contributed by atoms with Gasteiger partial charge in [0.25, 0.3) is 5.91 Å². The van der Waals surface area contributed by atoms with Gasteiger partial charge in [-0.1, -0.05) is 66.2 Å². The average Bonchev–Trinajstić information content (AvgIpc) is 3.33. The van der Waals surface area contributed by atoms with Crippen LogP contribution in [0.4, 0.5) is 5.69 Å². The number of carbonyl (C=O) groups excluding carboxylic acids is 2. The summed E-state index contributed by atoms with van der Waals surface area (Å²) in [5, 5.41) is 11.6. The lowest BCUT2D eigenvalue weighted by molar-refractivity contribution is -0.117. The highest BCUT2D eigenvalue weighted by Crippen LogP contribution is 2.42. The third-order valence-electron chi connectivity index (χ3n) is 5.49. The molecule has 1 aliphatic rings. The molecule has 0 fully saturated rings. The second kappa shape index (κ2) is 7.29. The van der Waals surface area contributed by atoms with Crippen molar-refractivity contribution in [2.24, 2.45) is 0 Å². The van der Waals surface area contributed by atoms with E-state index in [4.69, 9.17) is 4.42 Å². The summed E-state index contributed by atoms with van der Waals surface area (Å²) in [5.74, 6) is -1.59. The Balaban J connectivity index is 1.67. The molecule has 3 aromatic carbocycles. The predicted molar refractivity (Wildman–Crippen MR) is 118 cm³/mol. The number of hydrogen-bond donors (Lipinski definition) is 1. The molecule has 0 spiro atoms. The minimum Gasteiger partial charge on any atom is -0.503 e. The van der Waals surface area contributed by atoms with Crippen molar-refractivity contribution in [1.29, 1.82) is 0 Å². The summed E-state index contributed by atoms with van der Waals surface area (Å²) in [6.07, 6.45) is 0. The number of anilines is 1. The van der Waals surface area contributed by atoms with Gasteiger partial charge < -0.3 is 9.52 Å². The number of aliphatic hydroxyl groups excluding tert-OH is 1. The fraction of sp³-hybridized carbons (Fsp3) is 0.0769. The Morgan fingerprint density at radius 1 is 0.935 bits per heavy atom. The summed E-state index contributed by atoms with van der Waals surface area (Å²) in [6, 6.07) is 24.8. The summed E-state index contributed by atoms with van der Waals surface area (Å²) in [4.78, 5) is 28.1. The quantitative estimate of drug-likeness (QED) is 0.450. The number of benzene rings is 3. The van der Waals surface area contributed by atoms with Crippen LogP contribution in [0.15, 0.2) is 101 Å². The number of aryl methyl sites for hydroxylation is 1. The number of fused-ring (bicyclic) bond motifs is 1. The molecular formula is C26H19NO4. The third kappa shape index (κ3) is 3.11. The number of furan rings is 1. The Hall–Kier alpha value is -4.12. The van der Waals surface area contributed by atoms with Crippen LogP contribution in [-0.4, -0.2) is 16.8 Å². The Morgan fingerprint density at radius 3 is 2.42 bits per heavy atom. The standard InChI is InChI=1S/C26H19NO4/c1-16-8-7-10-18(14-16)23-22(24(28)21-15-17-9-5-6-13-20(17)31-21)25(29)26(30)27(23)19-11-3-2-4-12-19/h2-15,23,29H,1H3. The molecule has 0 saturated heterocycles. The van der Waals surface area contributed by atoms with Gasteiger partial charge in [-0.25, -0.2) is 0 Å². The summed E-state index contributed by atoms with van der Waals surface area (Å²) < 4.78 is 5.75.